The maximum atomic E-state index is 4.34. The van der Waals surface area contributed by atoms with Crippen molar-refractivity contribution in [3.8, 4) is 0 Å². The molecular formula is C12H16N6. The molecule has 2 aromatic rings. The van der Waals surface area contributed by atoms with Gasteiger partial charge in [-0.1, -0.05) is 0 Å². The number of hydrogen-bond donors (Lipinski definition) is 1. The quantitative estimate of drug-likeness (QED) is 0.850. The summed E-state index contributed by atoms with van der Waals surface area (Å²) in [7, 11) is 0. The Morgan fingerprint density at radius 3 is 3.11 bits per heavy atom. The van der Waals surface area contributed by atoms with Crippen LogP contribution in [-0.2, 0) is 19.5 Å². The molecule has 3 rings (SSSR count). The second-order valence-electron chi connectivity index (χ2n) is 4.62. The summed E-state index contributed by atoms with van der Waals surface area (Å²) >= 11 is 0. The van der Waals surface area contributed by atoms with Gasteiger partial charge in [0.2, 0.25) is 0 Å². The molecule has 0 fully saturated rings. The molecule has 0 bridgehead atoms. The minimum atomic E-state index is 0.433. The number of fused-ring (bicyclic) bond motifs is 1. The van der Waals surface area contributed by atoms with Crippen LogP contribution >= 0.6 is 0 Å². The molecule has 0 saturated carbocycles. The molecular weight excluding hydrogens is 228 g/mol. The van der Waals surface area contributed by atoms with Gasteiger partial charge in [-0.2, -0.15) is 5.10 Å². The summed E-state index contributed by atoms with van der Waals surface area (Å²) in [4.78, 5) is 12.8. The van der Waals surface area contributed by atoms with Crippen LogP contribution in [0.5, 0.6) is 0 Å². The second kappa shape index (κ2) is 4.81. The Balaban J connectivity index is 1.57. The SMILES string of the molecule is Cc1cnc(CN[C@H]2CCc3ncnn3C2)cn1. The summed E-state index contributed by atoms with van der Waals surface area (Å²) < 4.78 is 1.97. The van der Waals surface area contributed by atoms with Crippen LogP contribution in [0.4, 0.5) is 0 Å². The van der Waals surface area contributed by atoms with Crippen LogP contribution in [-0.4, -0.2) is 30.8 Å². The minimum Gasteiger partial charge on any atom is -0.306 e. The largest absolute Gasteiger partial charge is 0.306 e. The number of nitrogens with one attached hydrogen (secondary N) is 1. The zero-order valence-electron chi connectivity index (χ0n) is 10.4. The lowest BCUT2D eigenvalue weighted by Gasteiger charge is -2.23. The molecule has 18 heavy (non-hydrogen) atoms. The van der Waals surface area contributed by atoms with Gasteiger partial charge in [0, 0.05) is 31.4 Å². The van der Waals surface area contributed by atoms with E-state index in [1.807, 2.05) is 17.8 Å². The third kappa shape index (κ3) is 2.38. The summed E-state index contributed by atoms with van der Waals surface area (Å²) in [6, 6.07) is 0.433. The third-order valence-electron chi connectivity index (χ3n) is 3.21. The Labute approximate surface area is 105 Å². The summed E-state index contributed by atoms with van der Waals surface area (Å²) in [5.41, 5.74) is 1.92. The molecule has 1 atom stereocenters. The lowest BCUT2D eigenvalue weighted by atomic mass is 10.1. The van der Waals surface area contributed by atoms with Gasteiger partial charge < -0.3 is 5.32 Å². The molecule has 0 unspecified atom stereocenters. The summed E-state index contributed by atoms with van der Waals surface area (Å²) in [6.45, 7) is 3.58. The van der Waals surface area contributed by atoms with E-state index in [2.05, 4.69) is 25.4 Å². The molecule has 6 nitrogen and oxygen atoms in total. The summed E-state index contributed by atoms with van der Waals surface area (Å²) in [6.07, 6.45) is 7.33. The van der Waals surface area contributed by atoms with E-state index in [1.165, 1.54) is 0 Å². The molecule has 1 aliphatic heterocycles. The van der Waals surface area contributed by atoms with E-state index in [-0.39, 0.29) is 0 Å². The fourth-order valence-corrected chi connectivity index (χ4v) is 2.16. The fourth-order valence-electron chi connectivity index (χ4n) is 2.16. The molecule has 3 heterocycles. The number of rotatable bonds is 3. The van der Waals surface area contributed by atoms with Gasteiger partial charge in [0.05, 0.1) is 17.9 Å². The molecule has 1 N–H and O–H groups in total. The van der Waals surface area contributed by atoms with Gasteiger partial charge >= 0.3 is 0 Å². The number of nitrogens with zero attached hydrogens (tertiary/aromatic N) is 5. The minimum absolute atomic E-state index is 0.433. The van der Waals surface area contributed by atoms with Crippen molar-refractivity contribution in [1.29, 1.82) is 0 Å². The van der Waals surface area contributed by atoms with Gasteiger partial charge in [0.15, 0.2) is 0 Å². The predicted molar refractivity (Wildman–Crippen MR) is 65.7 cm³/mol. The van der Waals surface area contributed by atoms with Crippen molar-refractivity contribution in [2.75, 3.05) is 0 Å². The zero-order valence-corrected chi connectivity index (χ0v) is 10.4. The van der Waals surface area contributed by atoms with Gasteiger partial charge in [0.1, 0.15) is 12.2 Å². The first-order valence-electron chi connectivity index (χ1n) is 6.19. The van der Waals surface area contributed by atoms with Gasteiger partial charge in [-0.3, -0.25) is 9.97 Å². The molecule has 0 spiro atoms. The fraction of sp³-hybridized carbons (Fsp3) is 0.500. The Kier molecular flexibility index (Phi) is 3.02. The van der Waals surface area contributed by atoms with E-state index < -0.39 is 0 Å². The Hall–Kier alpha value is -1.82. The van der Waals surface area contributed by atoms with E-state index in [1.54, 1.807) is 12.5 Å². The molecule has 0 amide bonds. The van der Waals surface area contributed by atoms with E-state index >= 15 is 0 Å². The van der Waals surface area contributed by atoms with Crippen molar-refractivity contribution in [1.82, 2.24) is 30.0 Å². The number of aromatic nitrogens is 5. The Morgan fingerprint density at radius 1 is 1.33 bits per heavy atom. The van der Waals surface area contributed by atoms with Crippen molar-refractivity contribution in [2.24, 2.45) is 0 Å². The molecule has 0 aliphatic carbocycles. The van der Waals surface area contributed by atoms with Crippen LogP contribution in [0.1, 0.15) is 23.6 Å². The summed E-state index contributed by atoms with van der Waals surface area (Å²) in [5.74, 6) is 1.09. The van der Waals surface area contributed by atoms with Crippen LogP contribution < -0.4 is 5.32 Å². The van der Waals surface area contributed by atoms with Crippen LogP contribution in [0.25, 0.3) is 0 Å². The smallest absolute Gasteiger partial charge is 0.138 e. The molecule has 2 aromatic heterocycles. The average molecular weight is 244 g/mol. The molecule has 1 aliphatic rings. The molecule has 6 heteroatoms. The third-order valence-corrected chi connectivity index (χ3v) is 3.21. The predicted octanol–water partition coefficient (Wildman–Crippen LogP) is 0.481. The standard InChI is InChI=1S/C12H16N6/c1-9-4-14-11(5-13-9)6-15-10-2-3-12-16-8-17-18(12)7-10/h4-5,8,10,15H,2-3,6-7H2,1H3/t10-/m0/s1. The lowest BCUT2D eigenvalue weighted by Crippen LogP contribution is -2.37. The first-order valence-corrected chi connectivity index (χ1v) is 6.19. The Morgan fingerprint density at radius 2 is 2.28 bits per heavy atom. The van der Waals surface area contributed by atoms with E-state index in [9.17, 15) is 0 Å². The molecule has 94 valence electrons. The second-order valence-corrected chi connectivity index (χ2v) is 4.62. The van der Waals surface area contributed by atoms with Crippen molar-refractivity contribution in [3.63, 3.8) is 0 Å². The molecule has 0 radical (unpaired) electrons. The maximum absolute atomic E-state index is 4.34. The average Bonchev–Trinajstić information content (AvgIpc) is 2.85. The first kappa shape index (κ1) is 11.3. The first-order chi connectivity index (χ1) is 8.81. The molecule has 0 saturated heterocycles. The Bertz CT molecular complexity index is 518. The normalized spacial score (nSPS) is 18.6. The van der Waals surface area contributed by atoms with Crippen LogP contribution in [0.3, 0.4) is 0 Å². The van der Waals surface area contributed by atoms with Crippen LogP contribution in [0.2, 0.25) is 0 Å². The van der Waals surface area contributed by atoms with Crippen molar-refractivity contribution >= 4 is 0 Å². The highest BCUT2D eigenvalue weighted by molar-refractivity contribution is 5.01. The van der Waals surface area contributed by atoms with Crippen molar-refractivity contribution in [3.05, 3.63) is 35.9 Å². The highest BCUT2D eigenvalue weighted by Crippen LogP contribution is 2.11. The van der Waals surface area contributed by atoms with E-state index in [0.29, 0.717) is 6.04 Å². The van der Waals surface area contributed by atoms with Gasteiger partial charge in [-0.05, 0) is 13.3 Å². The van der Waals surface area contributed by atoms with Crippen LogP contribution in [0.15, 0.2) is 18.7 Å². The molecule has 0 aromatic carbocycles. The topological polar surface area (TPSA) is 68.5 Å². The van der Waals surface area contributed by atoms with Crippen molar-refractivity contribution < 1.29 is 0 Å². The van der Waals surface area contributed by atoms with E-state index in [4.69, 9.17) is 0 Å². The van der Waals surface area contributed by atoms with Gasteiger partial charge in [-0.15, -0.1) is 0 Å². The summed E-state index contributed by atoms with van der Waals surface area (Å²) in [5, 5.41) is 7.71. The van der Waals surface area contributed by atoms with Gasteiger partial charge in [0.25, 0.3) is 0 Å². The number of aryl methyl sites for hydroxylation is 2. The van der Waals surface area contributed by atoms with Gasteiger partial charge in [-0.25, -0.2) is 9.67 Å². The monoisotopic (exact) mass is 244 g/mol. The van der Waals surface area contributed by atoms with Crippen molar-refractivity contribution in [2.45, 2.75) is 38.9 Å². The maximum Gasteiger partial charge on any atom is 0.138 e. The lowest BCUT2D eigenvalue weighted by molar-refractivity contribution is 0.356. The highest BCUT2D eigenvalue weighted by Gasteiger charge is 2.19. The zero-order chi connectivity index (χ0) is 12.4. The highest BCUT2D eigenvalue weighted by atomic mass is 15.3. The number of hydrogen-bond acceptors (Lipinski definition) is 5. The van der Waals surface area contributed by atoms with Crippen LogP contribution in [0, 0.1) is 6.92 Å². The van der Waals surface area contributed by atoms with E-state index in [0.717, 1.165) is 43.1 Å².